The van der Waals surface area contributed by atoms with Crippen LogP contribution in [0.3, 0.4) is 0 Å². The molecular formula is C18H17ClFN5O2S. The lowest BCUT2D eigenvalue weighted by Crippen LogP contribution is -2.22. The smallest absolute Gasteiger partial charge is 0.273 e. The molecule has 1 amide bonds. The van der Waals surface area contributed by atoms with E-state index in [-0.39, 0.29) is 34.7 Å². The number of nitrogens with one attached hydrogen (secondary N) is 2. The first-order chi connectivity index (χ1) is 13.4. The minimum Gasteiger partial charge on any atom is -0.395 e. The summed E-state index contributed by atoms with van der Waals surface area (Å²) >= 11 is 7.76. The molecule has 2 aromatic heterocycles. The van der Waals surface area contributed by atoms with E-state index in [0.29, 0.717) is 11.4 Å². The lowest BCUT2D eigenvalue weighted by Gasteiger charge is -2.15. The van der Waals surface area contributed by atoms with Crippen molar-refractivity contribution < 1.29 is 14.3 Å². The van der Waals surface area contributed by atoms with Crippen LogP contribution in [0.25, 0.3) is 6.08 Å². The van der Waals surface area contributed by atoms with Gasteiger partial charge in [-0.2, -0.15) is 9.65 Å². The first-order valence-electron chi connectivity index (χ1n) is 8.45. The molecule has 1 aliphatic rings. The molecule has 2 aromatic rings. The number of aliphatic hydroxyl groups is 1. The van der Waals surface area contributed by atoms with Crippen LogP contribution < -0.4 is 10.0 Å². The van der Waals surface area contributed by atoms with Gasteiger partial charge >= 0.3 is 0 Å². The molecule has 0 bridgehead atoms. The van der Waals surface area contributed by atoms with E-state index in [4.69, 9.17) is 16.9 Å². The summed E-state index contributed by atoms with van der Waals surface area (Å²) in [5, 5.41) is 21.0. The van der Waals surface area contributed by atoms with Crippen LogP contribution in [-0.2, 0) is 6.54 Å². The predicted molar refractivity (Wildman–Crippen MR) is 105 cm³/mol. The largest absolute Gasteiger partial charge is 0.395 e. The zero-order valence-corrected chi connectivity index (χ0v) is 16.4. The summed E-state index contributed by atoms with van der Waals surface area (Å²) in [6, 6.07) is 3.90. The van der Waals surface area contributed by atoms with Crippen molar-refractivity contribution in [2.75, 3.05) is 11.9 Å². The van der Waals surface area contributed by atoms with Crippen LogP contribution >= 0.6 is 23.5 Å². The highest BCUT2D eigenvalue weighted by atomic mass is 35.5. The first-order valence-corrected chi connectivity index (χ1v) is 9.64. The molecule has 1 unspecified atom stereocenters. The number of halogens is 2. The van der Waals surface area contributed by atoms with Crippen molar-refractivity contribution in [1.29, 1.82) is 5.26 Å². The summed E-state index contributed by atoms with van der Waals surface area (Å²) in [6.07, 6.45) is 4.62. The van der Waals surface area contributed by atoms with Crippen molar-refractivity contribution in [2.24, 2.45) is 0 Å². The Labute approximate surface area is 170 Å². The fourth-order valence-electron chi connectivity index (χ4n) is 2.71. The Balaban J connectivity index is 1.94. The van der Waals surface area contributed by atoms with Crippen molar-refractivity contribution in [3.05, 3.63) is 46.3 Å². The zero-order valence-electron chi connectivity index (χ0n) is 14.9. The van der Waals surface area contributed by atoms with Gasteiger partial charge in [0.25, 0.3) is 5.91 Å². The second-order valence-electron chi connectivity index (χ2n) is 6.15. The minimum absolute atomic E-state index is 0.0430. The maximum atomic E-state index is 13.5. The van der Waals surface area contributed by atoms with Gasteiger partial charge in [-0.05, 0) is 37.4 Å². The van der Waals surface area contributed by atoms with Crippen LogP contribution in [0.2, 0.25) is 5.02 Å². The van der Waals surface area contributed by atoms with Gasteiger partial charge in [0.15, 0.2) is 0 Å². The molecule has 0 radical (unpaired) electrons. The van der Waals surface area contributed by atoms with Gasteiger partial charge < -0.3 is 15.0 Å². The Bertz CT molecular complexity index is 985. The van der Waals surface area contributed by atoms with Gasteiger partial charge in [-0.25, -0.2) is 4.98 Å². The third kappa shape index (κ3) is 4.20. The number of aliphatic hydroxyl groups excluding tert-OH is 1. The van der Waals surface area contributed by atoms with Crippen LogP contribution in [-0.4, -0.2) is 33.2 Å². The highest BCUT2D eigenvalue weighted by molar-refractivity contribution is 7.97. The molecule has 146 valence electrons. The number of hydrogen-bond acceptors (Lipinski definition) is 6. The second-order valence-corrected chi connectivity index (χ2v) is 7.38. The number of amides is 1. The first kappa shape index (κ1) is 20.4. The maximum Gasteiger partial charge on any atom is 0.273 e. The number of rotatable bonds is 6. The molecular weight excluding hydrogens is 405 g/mol. The Morgan fingerprint density at radius 3 is 3.07 bits per heavy atom. The molecule has 28 heavy (non-hydrogen) atoms. The number of carbonyl (C=O) groups is 1. The molecule has 0 aromatic carbocycles. The summed E-state index contributed by atoms with van der Waals surface area (Å²) < 4.78 is 18.4. The van der Waals surface area contributed by atoms with E-state index in [1.165, 1.54) is 18.0 Å². The Hall–Kier alpha value is -2.38. The lowest BCUT2D eigenvalue weighted by molar-refractivity contribution is 0.101. The van der Waals surface area contributed by atoms with Crippen molar-refractivity contribution in [1.82, 2.24) is 14.3 Å². The highest BCUT2D eigenvalue weighted by Crippen LogP contribution is 2.38. The number of carbonyl (C=O) groups excluding carboxylic acids is 1. The zero-order chi connectivity index (χ0) is 20.3. The van der Waals surface area contributed by atoms with Gasteiger partial charge in [0.2, 0.25) is 5.95 Å². The van der Waals surface area contributed by atoms with Crippen molar-refractivity contribution >= 4 is 41.2 Å². The average molecular weight is 422 g/mol. The minimum atomic E-state index is -0.862. The molecule has 0 fully saturated rings. The number of nitrogens with zero attached hydrogens (tertiary/aromatic N) is 3. The highest BCUT2D eigenvalue weighted by Gasteiger charge is 2.27. The molecule has 10 heteroatoms. The maximum absolute atomic E-state index is 13.5. The topological polar surface area (TPSA) is 103 Å². The summed E-state index contributed by atoms with van der Waals surface area (Å²) in [5.41, 5.74) is 1.01. The van der Waals surface area contributed by atoms with Crippen molar-refractivity contribution in [3.8, 4) is 6.07 Å². The van der Waals surface area contributed by atoms with E-state index in [2.05, 4.69) is 15.0 Å². The number of anilines is 1. The molecule has 0 aliphatic carbocycles. The van der Waals surface area contributed by atoms with E-state index in [1.54, 1.807) is 10.6 Å². The molecule has 1 atom stereocenters. The van der Waals surface area contributed by atoms with E-state index in [0.717, 1.165) is 18.2 Å². The van der Waals surface area contributed by atoms with E-state index >= 15 is 0 Å². The monoisotopic (exact) mass is 421 g/mol. The van der Waals surface area contributed by atoms with Crippen LogP contribution in [0.15, 0.2) is 23.1 Å². The van der Waals surface area contributed by atoms with E-state index in [9.17, 15) is 14.3 Å². The number of pyridine rings is 1. The van der Waals surface area contributed by atoms with Gasteiger partial charge in [0.05, 0.1) is 22.2 Å². The molecule has 1 aliphatic heterocycles. The summed E-state index contributed by atoms with van der Waals surface area (Å²) in [4.78, 5) is 17.0. The summed E-state index contributed by atoms with van der Waals surface area (Å²) in [5.74, 6) is -1.38. The van der Waals surface area contributed by atoms with Gasteiger partial charge in [-0.3, -0.25) is 9.52 Å². The molecule has 0 saturated heterocycles. The van der Waals surface area contributed by atoms with Crippen molar-refractivity contribution in [3.63, 3.8) is 0 Å². The Morgan fingerprint density at radius 2 is 2.36 bits per heavy atom. The second kappa shape index (κ2) is 8.75. The van der Waals surface area contributed by atoms with Crippen LogP contribution in [0.5, 0.6) is 0 Å². The van der Waals surface area contributed by atoms with Crippen LogP contribution in [0.1, 0.15) is 35.2 Å². The molecule has 7 nitrogen and oxygen atoms in total. The Morgan fingerprint density at radius 1 is 1.57 bits per heavy atom. The predicted octanol–water partition coefficient (Wildman–Crippen LogP) is 3.19. The molecule has 0 saturated carbocycles. The normalized spacial score (nSPS) is 13.7. The van der Waals surface area contributed by atoms with Gasteiger partial charge in [0, 0.05) is 24.3 Å². The quantitative estimate of drug-likeness (QED) is 0.489. The summed E-state index contributed by atoms with van der Waals surface area (Å²) in [6.45, 7) is 2.34. The fraction of sp³-hybridized carbons (Fsp3) is 0.278. The average Bonchev–Trinajstić information content (AvgIpc) is 2.96. The van der Waals surface area contributed by atoms with Crippen molar-refractivity contribution in [2.45, 2.75) is 30.8 Å². The van der Waals surface area contributed by atoms with Gasteiger partial charge in [-0.1, -0.05) is 17.7 Å². The number of nitriles is 1. The fourth-order valence-corrected chi connectivity index (χ4v) is 3.97. The lowest BCUT2D eigenvalue weighted by atomic mass is 10.2. The number of hydrogen-bond donors (Lipinski definition) is 3. The Kier molecular flexibility index (Phi) is 6.36. The van der Waals surface area contributed by atoms with E-state index in [1.807, 2.05) is 19.1 Å². The standard InChI is InChI=1S/C18H17ClFN5O2S/c1-10(9-26)24-28-17-13-4-2-3-5-25(13)16(15(17)19)18(27)23-11-6-12(8-21)22-14(20)7-11/h2,4,6-7,10,24,26H,3,5,9H2,1H3,(H,22,23,27). The molecule has 3 rings (SSSR count). The van der Waals surface area contributed by atoms with Crippen LogP contribution in [0, 0.1) is 17.3 Å². The molecule has 0 spiro atoms. The van der Waals surface area contributed by atoms with Gasteiger partial charge in [0.1, 0.15) is 17.5 Å². The number of aromatic nitrogens is 2. The molecule has 3 heterocycles. The van der Waals surface area contributed by atoms with Crippen LogP contribution in [0.4, 0.5) is 10.1 Å². The number of allylic oxidation sites excluding steroid dienone is 1. The third-order valence-electron chi connectivity index (χ3n) is 4.01. The number of fused-ring (bicyclic) bond motifs is 1. The van der Waals surface area contributed by atoms with E-state index < -0.39 is 11.9 Å². The van der Waals surface area contributed by atoms with Gasteiger partial charge in [-0.15, -0.1) is 0 Å². The SMILES string of the molecule is CC(CO)NSc1c(Cl)c(C(=O)Nc2cc(F)nc(C#N)c2)n2c1C=CCC2. The third-order valence-corrected chi connectivity index (χ3v) is 5.63. The molecule has 3 N–H and O–H groups in total. The summed E-state index contributed by atoms with van der Waals surface area (Å²) in [7, 11) is 0.